The van der Waals surface area contributed by atoms with Crippen LogP contribution in [0.25, 0.3) is 0 Å². The Labute approximate surface area is 170 Å². The van der Waals surface area contributed by atoms with Crippen molar-refractivity contribution in [2.24, 2.45) is 0 Å². The maximum Gasteiger partial charge on any atom is 0.325 e. The molecule has 0 aromatic heterocycles. The van der Waals surface area contributed by atoms with E-state index in [9.17, 15) is 19.2 Å². The van der Waals surface area contributed by atoms with Gasteiger partial charge in [0.25, 0.3) is 5.91 Å². The molecule has 1 aromatic rings. The zero-order valence-corrected chi connectivity index (χ0v) is 17.0. The molecule has 156 valence electrons. The largest absolute Gasteiger partial charge is 0.465 e. The van der Waals surface area contributed by atoms with E-state index in [-0.39, 0.29) is 49.5 Å². The highest BCUT2D eigenvalue weighted by molar-refractivity contribution is 6.05. The first kappa shape index (κ1) is 20.8. The van der Waals surface area contributed by atoms with E-state index in [0.717, 1.165) is 12.8 Å². The fraction of sp³-hybridized carbons (Fsp3) is 0.524. The third-order valence-electron chi connectivity index (χ3n) is 5.15. The van der Waals surface area contributed by atoms with Gasteiger partial charge in [-0.1, -0.05) is 18.2 Å². The summed E-state index contributed by atoms with van der Waals surface area (Å²) in [4.78, 5) is 53.0. The molecule has 1 saturated carbocycles. The Bertz CT molecular complexity index is 818. The topological polar surface area (TPSA) is 96.0 Å². The molecule has 1 unspecified atom stereocenters. The van der Waals surface area contributed by atoms with E-state index < -0.39 is 12.0 Å². The Morgan fingerprint density at radius 1 is 1.24 bits per heavy atom. The summed E-state index contributed by atoms with van der Waals surface area (Å²) in [6, 6.07) is 6.21. The fourth-order valence-corrected chi connectivity index (χ4v) is 3.60. The molecule has 2 aliphatic rings. The minimum atomic E-state index is -0.725. The second-order valence-corrected chi connectivity index (χ2v) is 7.57. The molecular weight excluding hydrogens is 374 g/mol. The van der Waals surface area contributed by atoms with Gasteiger partial charge in [0, 0.05) is 17.6 Å². The summed E-state index contributed by atoms with van der Waals surface area (Å²) in [5.41, 5.74) is 1.21. The molecule has 0 bridgehead atoms. The molecule has 8 nitrogen and oxygen atoms in total. The molecule has 1 aliphatic carbocycles. The van der Waals surface area contributed by atoms with Gasteiger partial charge >= 0.3 is 5.97 Å². The Morgan fingerprint density at radius 2 is 1.93 bits per heavy atom. The van der Waals surface area contributed by atoms with E-state index in [2.05, 4.69) is 5.32 Å². The van der Waals surface area contributed by atoms with Gasteiger partial charge in [-0.15, -0.1) is 0 Å². The quantitative estimate of drug-likeness (QED) is 0.662. The molecule has 0 radical (unpaired) electrons. The summed E-state index contributed by atoms with van der Waals surface area (Å²) in [5.74, 6) is -1.39. The fourth-order valence-electron chi connectivity index (χ4n) is 3.60. The van der Waals surface area contributed by atoms with E-state index in [1.165, 1.54) is 4.90 Å². The second kappa shape index (κ2) is 8.63. The number of carbonyl (C=O) groups is 4. The summed E-state index contributed by atoms with van der Waals surface area (Å²) >= 11 is 0. The van der Waals surface area contributed by atoms with Crippen molar-refractivity contribution in [2.45, 2.75) is 51.7 Å². The van der Waals surface area contributed by atoms with E-state index >= 15 is 0 Å². The first-order valence-electron chi connectivity index (χ1n) is 9.99. The van der Waals surface area contributed by atoms with Crippen molar-refractivity contribution >= 4 is 23.7 Å². The second-order valence-electron chi connectivity index (χ2n) is 7.57. The van der Waals surface area contributed by atoms with Gasteiger partial charge in [-0.25, -0.2) is 0 Å². The average molecular weight is 401 g/mol. The molecule has 3 rings (SSSR count). The van der Waals surface area contributed by atoms with Gasteiger partial charge in [0.1, 0.15) is 12.6 Å². The van der Waals surface area contributed by atoms with E-state index in [1.54, 1.807) is 49.9 Å². The van der Waals surface area contributed by atoms with Crippen molar-refractivity contribution < 1.29 is 23.9 Å². The molecule has 1 atom stereocenters. The minimum absolute atomic E-state index is 0.0670. The number of esters is 1. The van der Waals surface area contributed by atoms with Gasteiger partial charge in [0.05, 0.1) is 13.2 Å². The van der Waals surface area contributed by atoms with Crippen LogP contribution in [0.2, 0.25) is 0 Å². The average Bonchev–Trinajstić information content (AvgIpc) is 3.48. The van der Waals surface area contributed by atoms with Crippen molar-refractivity contribution in [3.63, 3.8) is 0 Å². The molecule has 0 saturated heterocycles. The van der Waals surface area contributed by atoms with Crippen LogP contribution in [0.4, 0.5) is 0 Å². The highest BCUT2D eigenvalue weighted by Gasteiger charge is 2.47. The predicted octanol–water partition coefficient (Wildman–Crippen LogP) is 1.26. The number of benzene rings is 1. The number of nitrogens with zero attached hydrogens (tertiary/aromatic N) is 2. The number of carbonyl (C=O) groups excluding carboxylic acids is 4. The van der Waals surface area contributed by atoms with Crippen LogP contribution in [0.15, 0.2) is 24.3 Å². The number of hydrogen-bond acceptors (Lipinski definition) is 5. The minimum Gasteiger partial charge on any atom is -0.465 e. The van der Waals surface area contributed by atoms with Gasteiger partial charge in [0.15, 0.2) is 0 Å². The van der Waals surface area contributed by atoms with E-state index in [4.69, 9.17) is 4.74 Å². The lowest BCUT2D eigenvalue weighted by molar-refractivity contribution is -0.150. The molecule has 3 amide bonds. The van der Waals surface area contributed by atoms with Crippen LogP contribution in [-0.4, -0.2) is 65.3 Å². The smallest absolute Gasteiger partial charge is 0.325 e. The molecule has 8 heteroatoms. The van der Waals surface area contributed by atoms with Crippen LogP contribution in [0.3, 0.4) is 0 Å². The molecule has 1 fully saturated rings. The summed E-state index contributed by atoms with van der Waals surface area (Å²) in [5, 5.41) is 2.66. The Kier molecular flexibility index (Phi) is 6.20. The summed E-state index contributed by atoms with van der Waals surface area (Å²) in [7, 11) is 0. The lowest BCUT2D eigenvalue weighted by Gasteiger charge is -2.27. The van der Waals surface area contributed by atoms with E-state index in [1.807, 2.05) is 0 Å². The SMILES string of the molecule is CCOC(=O)CN(C(=O)CNC(=O)C1c2ccccc2C(=O)N1C1CC1)C(C)C. The monoisotopic (exact) mass is 401 g/mol. The van der Waals surface area contributed by atoms with Crippen LogP contribution in [-0.2, 0) is 19.1 Å². The van der Waals surface area contributed by atoms with Crippen molar-refractivity contribution in [3.8, 4) is 0 Å². The van der Waals surface area contributed by atoms with Gasteiger partial charge in [-0.05, 0) is 45.2 Å². The van der Waals surface area contributed by atoms with Crippen molar-refractivity contribution in [1.82, 2.24) is 15.1 Å². The number of rotatable bonds is 8. The predicted molar refractivity (Wildman–Crippen MR) is 105 cm³/mol. The van der Waals surface area contributed by atoms with Gasteiger partial charge in [-0.2, -0.15) is 0 Å². The van der Waals surface area contributed by atoms with Crippen molar-refractivity contribution in [1.29, 1.82) is 0 Å². The number of amides is 3. The van der Waals surface area contributed by atoms with Crippen molar-refractivity contribution in [3.05, 3.63) is 35.4 Å². The Hall–Kier alpha value is -2.90. The molecule has 1 aromatic carbocycles. The lowest BCUT2D eigenvalue weighted by atomic mass is 10.0. The van der Waals surface area contributed by atoms with Crippen LogP contribution in [0.5, 0.6) is 0 Å². The summed E-state index contributed by atoms with van der Waals surface area (Å²) in [6.45, 7) is 5.11. The Morgan fingerprint density at radius 3 is 2.55 bits per heavy atom. The number of ether oxygens (including phenoxy) is 1. The maximum absolute atomic E-state index is 13.0. The maximum atomic E-state index is 13.0. The number of fused-ring (bicyclic) bond motifs is 1. The molecular formula is C21H27N3O5. The third kappa shape index (κ3) is 4.41. The zero-order valence-electron chi connectivity index (χ0n) is 17.0. The molecule has 1 aliphatic heterocycles. The lowest BCUT2D eigenvalue weighted by Crippen LogP contribution is -2.48. The van der Waals surface area contributed by atoms with E-state index in [0.29, 0.717) is 11.1 Å². The van der Waals surface area contributed by atoms with Crippen LogP contribution >= 0.6 is 0 Å². The van der Waals surface area contributed by atoms with Crippen LogP contribution in [0.1, 0.15) is 55.6 Å². The first-order valence-corrected chi connectivity index (χ1v) is 9.99. The van der Waals surface area contributed by atoms with Gasteiger partial charge in [0.2, 0.25) is 11.8 Å². The standard InChI is InChI=1S/C21H27N3O5/c1-4-29-18(26)12-23(13(2)3)17(25)11-22-20(27)19-15-7-5-6-8-16(15)21(28)24(19)14-9-10-14/h5-8,13-14,19H,4,9-12H2,1-3H3,(H,22,27). The molecule has 29 heavy (non-hydrogen) atoms. The molecule has 1 heterocycles. The molecule has 0 spiro atoms. The first-order chi connectivity index (χ1) is 13.8. The summed E-state index contributed by atoms with van der Waals surface area (Å²) < 4.78 is 4.91. The molecule has 1 N–H and O–H groups in total. The van der Waals surface area contributed by atoms with Gasteiger partial charge in [-0.3, -0.25) is 19.2 Å². The number of nitrogens with one attached hydrogen (secondary N) is 1. The Balaban J connectivity index is 1.68. The van der Waals surface area contributed by atoms with Crippen LogP contribution in [0, 0.1) is 0 Å². The normalized spacial score (nSPS) is 17.9. The van der Waals surface area contributed by atoms with Crippen LogP contribution < -0.4 is 5.32 Å². The van der Waals surface area contributed by atoms with Crippen molar-refractivity contribution in [2.75, 3.05) is 19.7 Å². The number of hydrogen-bond donors (Lipinski definition) is 1. The van der Waals surface area contributed by atoms with Gasteiger partial charge < -0.3 is 19.9 Å². The third-order valence-corrected chi connectivity index (χ3v) is 5.15. The summed E-state index contributed by atoms with van der Waals surface area (Å²) in [6.07, 6.45) is 1.76. The highest BCUT2D eigenvalue weighted by atomic mass is 16.5. The zero-order chi connectivity index (χ0) is 21.1. The highest BCUT2D eigenvalue weighted by Crippen LogP contribution is 2.41.